The summed E-state index contributed by atoms with van der Waals surface area (Å²) in [6.45, 7) is 4.03. The lowest BCUT2D eigenvalue weighted by Gasteiger charge is -2.01. The van der Waals surface area contributed by atoms with Crippen molar-refractivity contribution in [1.29, 1.82) is 0 Å². The number of nitrogens with zero attached hydrogens (tertiary/aromatic N) is 1. The maximum absolute atomic E-state index is 11.8. The van der Waals surface area contributed by atoms with Gasteiger partial charge >= 0.3 is 5.97 Å². The molecule has 0 fully saturated rings. The van der Waals surface area contributed by atoms with Crippen LogP contribution in [0.25, 0.3) is 6.08 Å². The topological polar surface area (TPSA) is 51.8 Å². The van der Waals surface area contributed by atoms with Gasteiger partial charge in [-0.3, -0.25) is 0 Å². The number of furan rings is 1. The second-order valence-electron chi connectivity index (χ2n) is 4.67. The van der Waals surface area contributed by atoms with E-state index < -0.39 is 5.97 Å². The van der Waals surface area contributed by atoms with Gasteiger partial charge in [0.2, 0.25) is 0 Å². The fraction of sp³-hybridized carbons (Fsp3) is 0.125. The summed E-state index contributed by atoms with van der Waals surface area (Å²) in [6.07, 6.45) is 3.24. The molecule has 0 radical (unpaired) electrons. The third kappa shape index (κ3) is 2.28. The Bertz CT molecular complexity index is 724. The quantitative estimate of drug-likeness (QED) is 0.620. The highest BCUT2D eigenvalue weighted by Crippen LogP contribution is 2.21. The van der Waals surface area contributed by atoms with E-state index in [9.17, 15) is 4.79 Å². The number of cyclic esters (lactones) is 1. The van der Waals surface area contributed by atoms with Crippen LogP contribution >= 0.6 is 0 Å². The zero-order valence-corrected chi connectivity index (χ0v) is 11.2. The first-order valence-corrected chi connectivity index (χ1v) is 6.27. The van der Waals surface area contributed by atoms with Crippen molar-refractivity contribution >= 4 is 17.9 Å². The molecule has 100 valence electrons. The van der Waals surface area contributed by atoms with Crippen LogP contribution in [0.15, 0.2) is 51.7 Å². The molecule has 0 saturated heterocycles. The number of aliphatic imine (C=N–C) groups is 1. The Morgan fingerprint density at radius 1 is 1.20 bits per heavy atom. The van der Waals surface area contributed by atoms with Gasteiger partial charge in [0.25, 0.3) is 5.90 Å². The smallest absolute Gasteiger partial charge is 0.363 e. The van der Waals surface area contributed by atoms with Gasteiger partial charge in [-0.05, 0) is 43.2 Å². The number of benzene rings is 1. The number of carbonyl (C=O) groups excluding carboxylic acids is 1. The van der Waals surface area contributed by atoms with Crippen molar-refractivity contribution in [3.05, 3.63) is 64.7 Å². The predicted octanol–water partition coefficient (Wildman–Crippen LogP) is 3.24. The van der Waals surface area contributed by atoms with Gasteiger partial charge in [0.05, 0.1) is 6.26 Å². The van der Waals surface area contributed by atoms with E-state index in [2.05, 4.69) is 11.1 Å². The molecular weight excluding hydrogens is 254 g/mol. The van der Waals surface area contributed by atoms with Gasteiger partial charge < -0.3 is 9.15 Å². The van der Waals surface area contributed by atoms with E-state index in [4.69, 9.17) is 9.15 Å². The molecule has 1 aromatic heterocycles. The summed E-state index contributed by atoms with van der Waals surface area (Å²) in [6, 6.07) is 9.44. The van der Waals surface area contributed by atoms with E-state index in [1.807, 2.05) is 26.0 Å². The van der Waals surface area contributed by atoms with Gasteiger partial charge in [-0.1, -0.05) is 23.8 Å². The first-order chi connectivity index (χ1) is 9.63. The molecule has 0 amide bonds. The molecule has 0 aliphatic carbocycles. The molecule has 2 aromatic rings. The standard InChI is InChI=1S/C16H13NO3/c1-10-5-6-12(11(2)8-10)9-13-16(18)20-15(17-13)14-4-3-7-19-14/h3-9H,1-2H3/b13-9-. The average molecular weight is 267 g/mol. The Balaban J connectivity index is 1.97. The summed E-state index contributed by atoms with van der Waals surface area (Å²) in [7, 11) is 0. The Kier molecular flexibility index (Phi) is 2.99. The lowest BCUT2D eigenvalue weighted by Crippen LogP contribution is -2.04. The molecule has 0 saturated carbocycles. The van der Waals surface area contributed by atoms with Crippen LogP contribution in [0.2, 0.25) is 0 Å². The van der Waals surface area contributed by atoms with E-state index in [-0.39, 0.29) is 11.6 Å². The highest BCUT2D eigenvalue weighted by Gasteiger charge is 2.25. The molecule has 4 heteroatoms. The van der Waals surface area contributed by atoms with Crippen molar-refractivity contribution in [2.45, 2.75) is 13.8 Å². The van der Waals surface area contributed by atoms with Crippen LogP contribution in [0.3, 0.4) is 0 Å². The molecule has 0 spiro atoms. The Labute approximate surface area is 116 Å². The van der Waals surface area contributed by atoms with E-state index >= 15 is 0 Å². The summed E-state index contributed by atoms with van der Waals surface area (Å²) in [5.41, 5.74) is 3.50. The van der Waals surface area contributed by atoms with Gasteiger partial charge in [0.15, 0.2) is 11.5 Å². The summed E-state index contributed by atoms with van der Waals surface area (Å²) in [5, 5.41) is 0. The molecule has 2 heterocycles. The van der Waals surface area contributed by atoms with Crippen LogP contribution < -0.4 is 0 Å². The van der Waals surface area contributed by atoms with Crippen LogP contribution in [0, 0.1) is 13.8 Å². The van der Waals surface area contributed by atoms with Gasteiger partial charge in [0.1, 0.15) is 0 Å². The lowest BCUT2D eigenvalue weighted by atomic mass is 10.0. The predicted molar refractivity (Wildman–Crippen MR) is 75.2 cm³/mol. The van der Waals surface area contributed by atoms with Gasteiger partial charge in [0, 0.05) is 0 Å². The number of aryl methyl sites for hydroxylation is 2. The van der Waals surface area contributed by atoms with Crippen LogP contribution in [0.5, 0.6) is 0 Å². The van der Waals surface area contributed by atoms with E-state index in [0.29, 0.717) is 5.76 Å². The number of esters is 1. The molecule has 1 aromatic carbocycles. The minimum atomic E-state index is -0.462. The van der Waals surface area contributed by atoms with E-state index in [1.54, 1.807) is 18.2 Å². The van der Waals surface area contributed by atoms with Crippen LogP contribution in [-0.4, -0.2) is 11.9 Å². The molecule has 0 unspecified atom stereocenters. The lowest BCUT2D eigenvalue weighted by molar-refractivity contribution is -0.130. The fourth-order valence-corrected chi connectivity index (χ4v) is 2.05. The monoisotopic (exact) mass is 267 g/mol. The van der Waals surface area contributed by atoms with Gasteiger partial charge in [-0.25, -0.2) is 9.79 Å². The Morgan fingerprint density at radius 3 is 2.75 bits per heavy atom. The number of hydrogen-bond acceptors (Lipinski definition) is 4. The summed E-state index contributed by atoms with van der Waals surface area (Å²) >= 11 is 0. The molecule has 4 nitrogen and oxygen atoms in total. The molecule has 3 rings (SSSR count). The van der Waals surface area contributed by atoms with Crippen molar-refractivity contribution in [2.24, 2.45) is 4.99 Å². The van der Waals surface area contributed by atoms with Crippen molar-refractivity contribution in [3.63, 3.8) is 0 Å². The second kappa shape index (κ2) is 4.81. The normalized spacial score (nSPS) is 16.4. The number of hydrogen-bond donors (Lipinski definition) is 0. The minimum absolute atomic E-state index is 0.205. The number of carbonyl (C=O) groups is 1. The molecule has 20 heavy (non-hydrogen) atoms. The zero-order valence-electron chi connectivity index (χ0n) is 11.2. The van der Waals surface area contributed by atoms with Crippen molar-refractivity contribution in [2.75, 3.05) is 0 Å². The summed E-state index contributed by atoms with van der Waals surface area (Å²) in [4.78, 5) is 16.0. The third-order valence-electron chi connectivity index (χ3n) is 3.07. The number of rotatable bonds is 2. The highest BCUT2D eigenvalue weighted by atomic mass is 16.6. The molecular formula is C16H13NO3. The minimum Gasteiger partial charge on any atom is -0.459 e. The fourth-order valence-electron chi connectivity index (χ4n) is 2.05. The zero-order chi connectivity index (χ0) is 14.1. The average Bonchev–Trinajstić information content (AvgIpc) is 3.03. The second-order valence-corrected chi connectivity index (χ2v) is 4.67. The van der Waals surface area contributed by atoms with Crippen LogP contribution in [-0.2, 0) is 9.53 Å². The summed E-state index contributed by atoms with van der Waals surface area (Å²) < 4.78 is 10.3. The number of ether oxygens (including phenoxy) is 1. The molecule has 1 aliphatic rings. The van der Waals surface area contributed by atoms with Gasteiger partial charge in [-0.15, -0.1) is 0 Å². The molecule has 1 aliphatic heterocycles. The van der Waals surface area contributed by atoms with Crippen molar-refractivity contribution in [3.8, 4) is 0 Å². The first-order valence-electron chi connectivity index (χ1n) is 6.27. The first kappa shape index (κ1) is 12.4. The maximum Gasteiger partial charge on any atom is 0.363 e. The third-order valence-corrected chi connectivity index (χ3v) is 3.07. The van der Waals surface area contributed by atoms with Crippen molar-refractivity contribution in [1.82, 2.24) is 0 Å². The Morgan fingerprint density at radius 2 is 2.05 bits per heavy atom. The van der Waals surface area contributed by atoms with E-state index in [1.165, 1.54) is 11.8 Å². The summed E-state index contributed by atoms with van der Waals surface area (Å²) in [5.74, 6) is 0.190. The Hall–Kier alpha value is -2.62. The highest BCUT2D eigenvalue weighted by molar-refractivity contribution is 6.11. The SMILES string of the molecule is Cc1ccc(/C=C2\N=C(c3ccco3)OC2=O)c(C)c1. The largest absolute Gasteiger partial charge is 0.459 e. The molecule has 0 bridgehead atoms. The van der Waals surface area contributed by atoms with Crippen LogP contribution in [0.1, 0.15) is 22.5 Å². The van der Waals surface area contributed by atoms with Crippen LogP contribution in [0.4, 0.5) is 0 Å². The van der Waals surface area contributed by atoms with E-state index in [0.717, 1.165) is 11.1 Å². The van der Waals surface area contributed by atoms with Crippen molar-refractivity contribution < 1.29 is 13.9 Å². The molecule has 0 N–H and O–H groups in total. The molecule has 0 atom stereocenters. The maximum atomic E-state index is 11.8. The van der Waals surface area contributed by atoms with Gasteiger partial charge in [-0.2, -0.15) is 0 Å².